The lowest BCUT2D eigenvalue weighted by molar-refractivity contribution is -0.146. The van der Waals surface area contributed by atoms with Crippen LogP contribution in [0.5, 0.6) is 0 Å². The Hall–Kier alpha value is -3.53. The SMILES string of the molecule is O=C(NCC1C(C(=O)NC[C@H](O)C(=O)O)C1(F)F)OCC1c2ccccc2-c2ccccc21. The van der Waals surface area contributed by atoms with E-state index >= 15 is 0 Å². The van der Waals surface area contributed by atoms with E-state index in [4.69, 9.17) is 14.9 Å². The first kappa shape index (κ1) is 22.7. The van der Waals surface area contributed by atoms with Crippen LogP contribution in [0.2, 0.25) is 0 Å². The molecule has 8 nitrogen and oxygen atoms in total. The second-order valence-electron chi connectivity index (χ2n) is 8.06. The molecule has 1 saturated carbocycles. The van der Waals surface area contributed by atoms with Gasteiger partial charge in [0.1, 0.15) is 12.5 Å². The Morgan fingerprint density at radius 2 is 1.58 bits per heavy atom. The third-order valence-corrected chi connectivity index (χ3v) is 6.05. The number of hydrogen-bond acceptors (Lipinski definition) is 5. The number of nitrogens with one attached hydrogen (secondary N) is 2. The Labute approximate surface area is 187 Å². The number of alkyl carbamates (subject to hydrolysis) is 1. The molecule has 2 amide bonds. The van der Waals surface area contributed by atoms with E-state index in [-0.39, 0.29) is 12.5 Å². The largest absolute Gasteiger partial charge is 0.479 e. The number of aliphatic carboxylic acids is 1. The van der Waals surface area contributed by atoms with Gasteiger partial charge in [0.25, 0.3) is 5.92 Å². The highest BCUT2D eigenvalue weighted by Crippen LogP contribution is 2.55. The van der Waals surface area contributed by atoms with Gasteiger partial charge in [-0.25, -0.2) is 18.4 Å². The molecule has 2 aliphatic rings. The van der Waals surface area contributed by atoms with Gasteiger partial charge in [-0.3, -0.25) is 4.79 Å². The first-order valence-corrected chi connectivity index (χ1v) is 10.4. The molecule has 1 fully saturated rings. The molecule has 2 aliphatic carbocycles. The summed E-state index contributed by atoms with van der Waals surface area (Å²) in [5, 5.41) is 22.0. The first-order chi connectivity index (χ1) is 15.7. The van der Waals surface area contributed by atoms with Gasteiger partial charge in [-0.1, -0.05) is 48.5 Å². The van der Waals surface area contributed by atoms with Gasteiger partial charge in [0.05, 0.1) is 12.5 Å². The van der Waals surface area contributed by atoms with Gasteiger partial charge in [0.2, 0.25) is 5.91 Å². The second-order valence-corrected chi connectivity index (χ2v) is 8.06. The Morgan fingerprint density at radius 1 is 1.00 bits per heavy atom. The van der Waals surface area contributed by atoms with Crippen molar-refractivity contribution in [3.63, 3.8) is 0 Å². The molecule has 33 heavy (non-hydrogen) atoms. The number of amides is 2. The normalized spacial score (nSPS) is 20.8. The van der Waals surface area contributed by atoms with Crippen molar-refractivity contribution in [2.75, 3.05) is 19.7 Å². The Morgan fingerprint density at radius 3 is 2.15 bits per heavy atom. The summed E-state index contributed by atoms with van der Waals surface area (Å²) in [6.45, 7) is -1.14. The minimum atomic E-state index is -3.35. The zero-order valence-corrected chi connectivity index (χ0v) is 17.3. The van der Waals surface area contributed by atoms with Crippen molar-refractivity contribution in [2.45, 2.75) is 17.9 Å². The summed E-state index contributed by atoms with van der Waals surface area (Å²) >= 11 is 0. The zero-order valence-electron chi connectivity index (χ0n) is 17.3. The van der Waals surface area contributed by atoms with E-state index in [0.29, 0.717) is 0 Å². The highest BCUT2D eigenvalue weighted by molar-refractivity contribution is 5.84. The minimum Gasteiger partial charge on any atom is -0.479 e. The van der Waals surface area contributed by atoms with Crippen molar-refractivity contribution in [1.29, 1.82) is 0 Å². The van der Waals surface area contributed by atoms with E-state index in [1.165, 1.54) is 0 Å². The number of alkyl halides is 2. The maximum Gasteiger partial charge on any atom is 0.407 e. The van der Waals surface area contributed by atoms with Crippen LogP contribution >= 0.6 is 0 Å². The first-order valence-electron chi connectivity index (χ1n) is 10.4. The fraction of sp³-hybridized carbons (Fsp3) is 0.348. The standard InChI is InChI=1S/C23H22F2N2O6/c24-23(25)17(19(23)20(29)26-10-18(28)21(30)31)9-27-22(32)33-11-16-14-7-3-1-5-12(14)13-6-2-4-8-15(13)16/h1-8,16-19,28H,9-11H2,(H,26,29)(H,27,32)(H,30,31)/t17?,18-,19?/m0/s1. The predicted molar refractivity (Wildman–Crippen MR) is 112 cm³/mol. The van der Waals surface area contributed by atoms with Crippen LogP contribution in [0.15, 0.2) is 48.5 Å². The maximum atomic E-state index is 14.0. The lowest BCUT2D eigenvalue weighted by atomic mass is 9.98. The number of aliphatic hydroxyl groups is 1. The monoisotopic (exact) mass is 460 g/mol. The molecule has 4 N–H and O–H groups in total. The summed E-state index contributed by atoms with van der Waals surface area (Å²) < 4.78 is 33.2. The number of carboxylic acid groups (broad SMARTS) is 1. The molecule has 4 rings (SSSR count). The summed E-state index contributed by atoms with van der Waals surface area (Å²) in [4.78, 5) is 34.6. The molecular weight excluding hydrogens is 438 g/mol. The van der Waals surface area contributed by atoms with Gasteiger partial charge in [0, 0.05) is 12.5 Å². The Kier molecular flexibility index (Phi) is 6.03. The van der Waals surface area contributed by atoms with Crippen molar-refractivity contribution >= 4 is 18.0 Å². The molecule has 2 unspecified atom stereocenters. The summed E-state index contributed by atoms with van der Waals surface area (Å²) in [5.74, 6) is -9.35. The molecule has 0 saturated heterocycles. The van der Waals surface area contributed by atoms with E-state index in [2.05, 4.69) is 5.32 Å². The third kappa shape index (κ3) is 4.38. The minimum absolute atomic E-state index is 0.0257. The van der Waals surface area contributed by atoms with E-state index in [9.17, 15) is 23.2 Å². The van der Waals surface area contributed by atoms with E-state index in [1.54, 1.807) is 0 Å². The maximum absolute atomic E-state index is 14.0. The van der Waals surface area contributed by atoms with Gasteiger partial charge in [-0.15, -0.1) is 0 Å². The van der Waals surface area contributed by atoms with E-state index < -0.39 is 54.9 Å². The van der Waals surface area contributed by atoms with Gasteiger partial charge in [-0.2, -0.15) is 0 Å². The highest BCUT2D eigenvalue weighted by atomic mass is 19.3. The topological polar surface area (TPSA) is 125 Å². The third-order valence-electron chi connectivity index (χ3n) is 6.05. The molecule has 3 atom stereocenters. The summed E-state index contributed by atoms with van der Waals surface area (Å²) in [6, 6.07) is 15.5. The molecule has 2 aromatic rings. The van der Waals surface area contributed by atoms with Crippen LogP contribution in [-0.4, -0.2) is 59.9 Å². The number of ether oxygens (including phenoxy) is 1. The zero-order chi connectivity index (χ0) is 23.8. The quantitative estimate of drug-likeness (QED) is 0.478. The van der Waals surface area contributed by atoms with Crippen molar-refractivity contribution in [1.82, 2.24) is 10.6 Å². The molecular formula is C23H22F2N2O6. The van der Waals surface area contributed by atoms with Crippen LogP contribution in [0.25, 0.3) is 11.1 Å². The van der Waals surface area contributed by atoms with Crippen LogP contribution in [0.3, 0.4) is 0 Å². The average Bonchev–Trinajstić information content (AvgIpc) is 3.20. The van der Waals surface area contributed by atoms with Gasteiger partial charge in [0.15, 0.2) is 6.10 Å². The molecule has 0 aromatic heterocycles. The number of benzene rings is 2. The average molecular weight is 460 g/mol. The molecule has 0 bridgehead atoms. The molecule has 0 spiro atoms. The summed E-state index contributed by atoms with van der Waals surface area (Å²) in [5.41, 5.74) is 4.14. The fourth-order valence-corrected chi connectivity index (χ4v) is 4.24. The fourth-order valence-electron chi connectivity index (χ4n) is 4.24. The number of carbonyl (C=O) groups excluding carboxylic acids is 2. The van der Waals surface area contributed by atoms with E-state index in [0.717, 1.165) is 22.3 Å². The van der Waals surface area contributed by atoms with Crippen LogP contribution in [0.4, 0.5) is 13.6 Å². The molecule has 174 valence electrons. The van der Waals surface area contributed by atoms with Crippen molar-refractivity contribution < 1.29 is 38.1 Å². The predicted octanol–water partition coefficient (Wildman–Crippen LogP) is 1.97. The van der Waals surface area contributed by atoms with E-state index in [1.807, 2.05) is 53.8 Å². The van der Waals surface area contributed by atoms with Gasteiger partial charge in [-0.05, 0) is 22.3 Å². The van der Waals surface area contributed by atoms with Crippen LogP contribution in [0, 0.1) is 11.8 Å². The molecule has 2 aromatic carbocycles. The lowest BCUT2D eigenvalue weighted by Gasteiger charge is -2.14. The smallest absolute Gasteiger partial charge is 0.407 e. The van der Waals surface area contributed by atoms with Crippen molar-refractivity contribution in [3.05, 3.63) is 59.7 Å². The number of aliphatic hydroxyl groups excluding tert-OH is 1. The number of hydrogen-bond donors (Lipinski definition) is 4. The number of halogens is 2. The van der Waals surface area contributed by atoms with Crippen LogP contribution in [0.1, 0.15) is 17.0 Å². The molecule has 10 heteroatoms. The highest BCUT2D eigenvalue weighted by Gasteiger charge is 2.71. The molecule has 0 aliphatic heterocycles. The number of carbonyl (C=O) groups is 3. The van der Waals surface area contributed by atoms with Crippen LogP contribution in [-0.2, 0) is 14.3 Å². The molecule has 0 heterocycles. The molecule has 0 radical (unpaired) electrons. The number of rotatable bonds is 8. The summed E-state index contributed by atoms with van der Waals surface area (Å²) in [7, 11) is 0. The number of fused-ring (bicyclic) bond motifs is 3. The second kappa shape index (κ2) is 8.78. The Balaban J connectivity index is 1.29. The Bertz CT molecular complexity index is 1050. The van der Waals surface area contributed by atoms with Crippen molar-refractivity contribution in [2.24, 2.45) is 11.8 Å². The van der Waals surface area contributed by atoms with Crippen molar-refractivity contribution in [3.8, 4) is 11.1 Å². The van der Waals surface area contributed by atoms with Gasteiger partial charge < -0.3 is 25.6 Å². The van der Waals surface area contributed by atoms with Crippen LogP contribution < -0.4 is 10.6 Å². The lowest BCUT2D eigenvalue weighted by Crippen LogP contribution is -2.38. The summed E-state index contributed by atoms with van der Waals surface area (Å²) in [6.07, 6.45) is -2.77. The number of carboxylic acids is 1. The van der Waals surface area contributed by atoms with Gasteiger partial charge >= 0.3 is 12.1 Å².